The Morgan fingerprint density at radius 1 is 0.967 bits per heavy atom. The first-order valence-electron chi connectivity index (χ1n) is 9.60. The monoisotopic (exact) mass is 461 g/mol. The molecular formula is C24H20BrN3O2. The molecule has 4 rings (SSSR count). The molecule has 0 aliphatic rings. The molecule has 30 heavy (non-hydrogen) atoms. The Bertz CT molecular complexity index is 1190. The Morgan fingerprint density at radius 2 is 1.70 bits per heavy atom. The van der Waals surface area contributed by atoms with Gasteiger partial charge in [0.15, 0.2) is 5.82 Å². The normalized spacial score (nSPS) is 10.9. The molecule has 0 amide bonds. The number of nitrogens with one attached hydrogen (secondary N) is 1. The molecule has 5 nitrogen and oxygen atoms in total. The summed E-state index contributed by atoms with van der Waals surface area (Å²) in [4.78, 5) is 21.6. The van der Waals surface area contributed by atoms with E-state index in [0.717, 1.165) is 26.6 Å². The van der Waals surface area contributed by atoms with Crippen LogP contribution in [0.5, 0.6) is 0 Å². The van der Waals surface area contributed by atoms with Crippen molar-refractivity contribution in [1.82, 2.24) is 9.97 Å². The lowest BCUT2D eigenvalue weighted by molar-refractivity contribution is 0.0378. The van der Waals surface area contributed by atoms with E-state index in [1.165, 1.54) is 0 Å². The van der Waals surface area contributed by atoms with Gasteiger partial charge in [0.2, 0.25) is 0 Å². The Balaban J connectivity index is 1.71. The van der Waals surface area contributed by atoms with Gasteiger partial charge >= 0.3 is 5.97 Å². The molecule has 150 valence electrons. The number of fused-ring (bicyclic) bond motifs is 1. The Labute approximate surface area is 183 Å². The van der Waals surface area contributed by atoms with E-state index in [1.54, 1.807) is 12.1 Å². The van der Waals surface area contributed by atoms with Gasteiger partial charge in [-0.1, -0.05) is 46.3 Å². The number of carbonyl (C=O) groups is 1. The van der Waals surface area contributed by atoms with E-state index >= 15 is 0 Å². The summed E-state index contributed by atoms with van der Waals surface area (Å²) in [6, 6.07) is 22.9. The number of rotatable bonds is 5. The van der Waals surface area contributed by atoms with E-state index in [4.69, 9.17) is 14.7 Å². The third-order valence-electron chi connectivity index (χ3n) is 4.42. The van der Waals surface area contributed by atoms with Crippen LogP contribution in [0.3, 0.4) is 0 Å². The van der Waals surface area contributed by atoms with Gasteiger partial charge < -0.3 is 10.1 Å². The molecule has 4 aromatic rings. The van der Waals surface area contributed by atoms with E-state index < -0.39 is 0 Å². The average Bonchev–Trinajstić information content (AvgIpc) is 2.74. The van der Waals surface area contributed by atoms with Crippen molar-refractivity contribution < 1.29 is 9.53 Å². The lowest BCUT2D eigenvalue weighted by Crippen LogP contribution is -2.11. The summed E-state index contributed by atoms with van der Waals surface area (Å²) in [6.45, 7) is 3.66. The first-order valence-corrected chi connectivity index (χ1v) is 10.4. The summed E-state index contributed by atoms with van der Waals surface area (Å²) in [5.74, 6) is 1.00. The standard InChI is InChI=1S/C24H20BrN3O2/c1-15(2)30-24(29)17-8-11-19(12-9-17)26-23-20-14-18(25)10-13-21(20)27-22(28-23)16-6-4-3-5-7-16/h3-15H,1-2H3,(H,26,27,28). The van der Waals surface area contributed by atoms with Crippen LogP contribution in [0, 0.1) is 0 Å². The second kappa shape index (κ2) is 8.63. The van der Waals surface area contributed by atoms with Crippen molar-refractivity contribution in [3.63, 3.8) is 0 Å². The van der Waals surface area contributed by atoms with Crippen LogP contribution in [0.1, 0.15) is 24.2 Å². The van der Waals surface area contributed by atoms with E-state index in [1.807, 2.05) is 74.5 Å². The minimum Gasteiger partial charge on any atom is -0.459 e. The minimum atomic E-state index is -0.334. The van der Waals surface area contributed by atoms with Crippen LogP contribution in [-0.4, -0.2) is 22.0 Å². The molecule has 1 aromatic heterocycles. The van der Waals surface area contributed by atoms with Gasteiger partial charge in [0.05, 0.1) is 17.2 Å². The van der Waals surface area contributed by atoms with Crippen molar-refractivity contribution in [3.8, 4) is 11.4 Å². The number of anilines is 2. The van der Waals surface area contributed by atoms with Gasteiger partial charge in [-0.25, -0.2) is 14.8 Å². The van der Waals surface area contributed by atoms with Gasteiger partial charge in [0.1, 0.15) is 5.82 Å². The van der Waals surface area contributed by atoms with Crippen LogP contribution in [0.4, 0.5) is 11.5 Å². The van der Waals surface area contributed by atoms with Crippen LogP contribution in [0.15, 0.2) is 77.3 Å². The molecule has 0 aliphatic heterocycles. The topological polar surface area (TPSA) is 64.1 Å². The lowest BCUT2D eigenvalue weighted by Gasteiger charge is -2.12. The van der Waals surface area contributed by atoms with Crippen LogP contribution < -0.4 is 5.32 Å². The summed E-state index contributed by atoms with van der Waals surface area (Å²) < 4.78 is 6.19. The van der Waals surface area contributed by atoms with Gasteiger partial charge in [-0.3, -0.25) is 0 Å². The van der Waals surface area contributed by atoms with Crippen LogP contribution in [-0.2, 0) is 4.74 Å². The zero-order chi connectivity index (χ0) is 21.1. The molecule has 0 atom stereocenters. The van der Waals surface area contributed by atoms with Crippen LogP contribution in [0.2, 0.25) is 0 Å². The van der Waals surface area contributed by atoms with E-state index in [-0.39, 0.29) is 12.1 Å². The fourth-order valence-electron chi connectivity index (χ4n) is 3.02. The molecule has 0 aliphatic carbocycles. The van der Waals surface area contributed by atoms with Gasteiger partial charge in [-0.05, 0) is 56.3 Å². The number of benzene rings is 3. The fraction of sp³-hybridized carbons (Fsp3) is 0.125. The van der Waals surface area contributed by atoms with Crippen LogP contribution in [0.25, 0.3) is 22.3 Å². The average molecular weight is 462 g/mol. The molecule has 0 radical (unpaired) electrons. The number of esters is 1. The van der Waals surface area contributed by atoms with Gasteiger partial charge in [-0.2, -0.15) is 0 Å². The highest BCUT2D eigenvalue weighted by Crippen LogP contribution is 2.29. The predicted molar refractivity (Wildman–Crippen MR) is 123 cm³/mol. The molecule has 0 fully saturated rings. The number of ether oxygens (including phenoxy) is 1. The van der Waals surface area contributed by atoms with Crippen molar-refractivity contribution >= 4 is 44.3 Å². The lowest BCUT2D eigenvalue weighted by atomic mass is 10.1. The zero-order valence-corrected chi connectivity index (χ0v) is 18.2. The first-order chi connectivity index (χ1) is 14.5. The summed E-state index contributed by atoms with van der Waals surface area (Å²) in [7, 11) is 0. The Kier molecular flexibility index (Phi) is 5.77. The highest BCUT2D eigenvalue weighted by atomic mass is 79.9. The Morgan fingerprint density at radius 3 is 2.40 bits per heavy atom. The van der Waals surface area contributed by atoms with E-state index in [0.29, 0.717) is 17.2 Å². The zero-order valence-electron chi connectivity index (χ0n) is 16.6. The quantitative estimate of drug-likeness (QED) is 0.349. The second-order valence-electron chi connectivity index (χ2n) is 7.08. The number of hydrogen-bond donors (Lipinski definition) is 1. The third-order valence-corrected chi connectivity index (χ3v) is 4.91. The molecular weight excluding hydrogens is 442 g/mol. The third kappa shape index (κ3) is 4.49. The maximum absolute atomic E-state index is 12.1. The molecule has 0 bridgehead atoms. The fourth-order valence-corrected chi connectivity index (χ4v) is 3.38. The van der Waals surface area contributed by atoms with E-state index in [9.17, 15) is 4.79 Å². The number of carbonyl (C=O) groups excluding carboxylic acids is 1. The molecule has 6 heteroatoms. The van der Waals surface area contributed by atoms with Gasteiger partial charge in [0, 0.05) is 21.1 Å². The van der Waals surface area contributed by atoms with Crippen molar-refractivity contribution in [2.75, 3.05) is 5.32 Å². The number of hydrogen-bond acceptors (Lipinski definition) is 5. The molecule has 0 saturated carbocycles. The first kappa shape index (κ1) is 20.0. The highest BCUT2D eigenvalue weighted by molar-refractivity contribution is 9.10. The Hall–Kier alpha value is -3.25. The summed E-state index contributed by atoms with van der Waals surface area (Å²) in [5, 5.41) is 4.26. The molecule has 0 spiro atoms. The van der Waals surface area contributed by atoms with Gasteiger partial charge in [-0.15, -0.1) is 0 Å². The molecule has 0 unspecified atom stereocenters. The van der Waals surface area contributed by atoms with Crippen molar-refractivity contribution in [2.45, 2.75) is 20.0 Å². The van der Waals surface area contributed by atoms with E-state index in [2.05, 4.69) is 21.2 Å². The summed E-state index contributed by atoms with van der Waals surface area (Å²) in [5.41, 5.74) is 3.11. The number of aromatic nitrogens is 2. The van der Waals surface area contributed by atoms with Gasteiger partial charge in [0.25, 0.3) is 0 Å². The number of halogens is 1. The molecule has 1 heterocycles. The highest BCUT2D eigenvalue weighted by Gasteiger charge is 2.12. The summed E-state index contributed by atoms with van der Waals surface area (Å²) >= 11 is 3.53. The smallest absolute Gasteiger partial charge is 0.338 e. The SMILES string of the molecule is CC(C)OC(=O)c1ccc(Nc2nc(-c3ccccc3)nc3ccc(Br)cc23)cc1. The molecule has 0 saturated heterocycles. The maximum atomic E-state index is 12.1. The molecule has 1 N–H and O–H groups in total. The second-order valence-corrected chi connectivity index (χ2v) is 8.00. The molecule has 3 aromatic carbocycles. The summed E-state index contributed by atoms with van der Waals surface area (Å²) in [6.07, 6.45) is -0.155. The minimum absolute atomic E-state index is 0.155. The maximum Gasteiger partial charge on any atom is 0.338 e. The predicted octanol–water partition coefficient (Wildman–Crippen LogP) is 6.37. The largest absolute Gasteiger partial charge is 0.459 e. The van der Waals surface area contributed by atoms with Crippen molar-refractivity contribution in [2.24, 2.45) is 0 Å². The van der Waals surface area contributed by atoms with Crippen molar-refractivity contribution in [1.29, 1.82) is 0 Å². The number of nitrogens with zero attached hydrogens (tertiary/aromatic N) is 2. The van der Waals surface area contributed by atoms with Crippen molar-refractivity contribution in [3.05, 3.63) is 82.8 Å². The van der Waals surface area contributed by atoms with Crippen LogP contribution >= 0.6 is 15.9 Å².